The molecule has 0 saturated heterocycles. The number of aromatic carboxylic acids is 1. The van der Waals surface area contributed by atoms with Gasteiger partial charge in [0.05, 0.1) is 34.5 Å². The minimum Gasteiger partial charge on any atom is -0.507 e. The van der Waals surface area contributed by atoms with Gasteiger partial charge in [0.25, 0.3) is 0 Å². The summed E-state index contributed by atoms with van der Waals surface area (Å²) >= 11 is 0. The Hall–Kier alpha value is -3.40. The zero-order valence-electron chi connectivity index (χ0n) is 17.7. The molecule has 3 N–H and O–H groups in total. The molecule has 0 aliphatic rings. The highest BCUT2D eigenvalue weighted by molar-refractivity contribution is 7.91. The van der Waals surface area contributed by atoms with Crippen LogP contribution in [0.15, 0.2) is 35.5 Å². The maximum absolute atomic E-state index is 12.6. The molecule has 0 saturated carbocycles. The van der Waals surface area contributed by atoms with Gasteiger partial charge in [-0.15, -0.1) is 0 Å². The van der Waals surface area contributed by atoms with Gasteiger partial charge < -0.3 is 19.9 Å². The Morgan fingerprint density at radius 2 is 1.94 bits per heavy atom. The number of H-pyrrole nitrogens is 1. The molecule has 10 heteroatoms. The van der Waals surface area contributed by atoms with Crippen molar-refractivity contribution in [3.63, 3.8) is 0 Å². The number of aromatic hydroxyl groups is 1. The number of carboxylic acid groups (broad SMARTS) is 1. The molecule has 3 aromatic rings. The second-order valence-electron chi connectivity index (χ2n) is 7.34. The highest BCUT2D eigenvalue weighted by Crippen LogP contribution is 2.33. The van der Waals surface area contributed by atoms with Crippen LogP contribution in [0.2, 0.25) is 0 Å². The lowest BCUT2D eigenvalue weighted by molar-refractivity contribution is 0.0696. The number of nitrogens with one attached hydrogen (secondary N) is 1. The smallest absolute Gasteiger partial charge is 0.335 e. The predicted molar refractivity (Wildman–Crippen MR) is 117 cm³/mol. The van der Waals surface area contributed by atoms with Crippen LogP contribution >= 0.6 is 0 Å². The van der Waals surface area contributed by atoms with Crippen LogP contribution in [-0.4, -0.2) is 52.7 Å². The van der Waals surface area contributed by atoms with Crippen LogP contribution in [-0.2, 0) is 16.3 Å². The van der Waals surface area contributed by atoms with E-state index >= 15 is 0 Å². The molecule has 2 aromatic carbocycles. The molecule has 0 amide bonds. The van der Waals surface area contributed by atoms with Crippen LogP contribution < -0.4 is 4.74 Å². The number of rotatable bonds is 10. The van der Waals surface area contributed by atoms with Crippen LogP contribution in [0, 0.1) is 0 Å². The van der Waals surface area contributed by atoms with Crippen molar-refractivity contribution in [2.24, 2.45) is 0 Å². The SMILES string of the molecule is CCCc1c(OCCCS(=O)(=O)c2nc3ccc(C(=O)O)cc3[nH]2)ccc(C(C)=O)c1O. The Balaban J connectivity index is 1.69. The number of Topliss-reactive ketones (excluding diaryl/α,β-unsaturated/α-hetero) is 1. The third-order valence-corrected chi connectivity index (χ3v) is 6.54. The molecule has 0 atom stereocenters. The molecule has 0 aliphatic carbocycles. The number of aromatic amines is 1. The lowest BCUT2D eigenvalue weighted by atomic mass is 10.0. The van der Waals surface area contributed by atoms with Gasteiger partial charge in [0.15, 0.2) is 5.78 Å². The summed E-state index contributed by atoms with van der Waals surface area (Å²) < 4.78 is 31.0. The van der Waals surface area contributed by atoms with Gasteiger partial charge in [0, 0.05) is 5.56 Å². The molecule has 170 valence electrons. The molecule has 1 heterocycles. The normalized spacial score (nSPS) is 11.6. The van der Waals surface area contributed by atoms with Crippen molar-refractivity contribution in [3.8, 4) is 11.5 Å². The van der Waals surface area contributed by atoms with Crippen molar-refractivity contribution < 1.29 is 33.0 Å². The number of carbonyl (C=O) groups is 2. The molecule has 0 spiro atoms. The number of carbonyl (C=O) groups excluding carboxylic acids is 1. The third kappa shape index (κ3) is 4.91. The van der Waals surface area contributed by atoms with Gasteiger partial charge in [-0.05, 0) is 50.1 Å². The van der Waals surface area contributed by atoms with E-state index in [0.29, 0.717) is 28.8 Å². The van der Waals surface area contributed by atoms with Crippen LogP contribution in [0.5, 0.6) is 11.5 Å². The first-order chi connectivity index (χ1) is 15.1. The van der Waals surface area contributed by atoms with Crippen LogP contribution in [0.25, 0.3) is 11.0 Å². The summed E-state index contributed by atoms with van der Waals surface area (Å²) in [6, 6.07) is 7.23. The molecule has 1 aromatic heterocycles. The Bertz CT molecular complexity index is 1280. The second kappa shape index (κ2) is 9.39. The molecule has 0 bridgehead atoms. The molecule has 9 nitrogen and oxygen atoms in total. The zero-order chi connectivity index (χ0) is 23.5. The first kappa shape index (κ1) is 23.3. The van der Waals surface area contributed by atoms with Crippen LogP contribution in [0.3, 0.4) is 0 Å². The number of aromatic nitrogens is 2. The summed E-state index contributed by atoms with van der Waals surface area (Å²) in [5, 5.41) is 19.2. The highest BCUT2D eigenvalue weighted by Gasteiger charge is 2.20. The highest BCUT2D eigenvalue weighted by atomic mass is 32.2. The average Bonchev–Trinajstić information content (AvgIpc) is 3.17. The van der Waals surface area contributed by atoms with Crippen molar-refractivity contribution >= 4 is 32.6 Å². The first-order valence-electron chi connectivity index (χ1n) is 10.1. The molecule has 0 fully saturated rings. The standard InChI is InChI=1S/C22H24N2O7S/c1-3-5-16-19(9-7-15(13(2)25)20(16)26)31-10-4-11-32(29,30)22-23-17-8-6-14(21(27)28)12-18(17)24-22/h6-9,12,26H,3-5,10-11H2,1-2H3,(H,23,24)(H,27,28). The van der Waals surface area contributed by atoms with Crippen LogP contribution in [0.4, 0.5) is 0 Å². The fraction of sp³-hybridized carbons (Fsp3) is 0.318. The Kier molecular flexibility index (Phi) is 6.83. The summed E-state index contributed by atoms with van der Waals surface area (Å²) in [5.74, 6) is -1.30. The number of ketones is 1. The van der Waals surface area contributed by atoms with Crippen molar-refractivity contribution in [1.29, 1.82) is 0 Å². The Morgan fingerprint density at radius 1 is 1.19 bits per heavy atom. The molecule has 0 unspecified atom stereocenters. The van der Waals surface area contributed by atoms with Crippen molar-refractivity contribution in [2.75, 3.05) is 12.4 Å². The lowest BCUT2D eigenvalue weighted by Crippen LogP contribution is -2.12. The number of imidazole rings is 1. The van der Waals surface area contributed by atoms with Gasteiger partial charge in [-0.3, -0.25) is 4.79 Å². The Morgan fingerprint density at radius 3 is 2.59 bits per heavy atom. The van der Waals surface area contributed by atoms with Crippen molar-refractivity contribution in [2.45, 2.75) is 38.3 Å². The first-order valence-corrected chi connectivity index (χ1v) is 11.7. The maximum atomic E-state index is 12.6. The number of sulfone groups is 1. The van der Waals surface area contributed by atoms with E-state index in [0.717, 1.165) is 6.42 Å². The summed E-state index contributed by atoms with van der Waals surface area (Å²) in [6.07, 6.45) is 1.41. The van der Waals surface area contributed by atoms with E-state index in [1.807, 2.05) is 6.92 Å². The molecule has 32 heavy (non-hydrogen) atoms. The van der Waals surface area contributed by atoms with E-state index in [4.69, 9.17) is 9.84 Å². The van der Waals surface area contributed by atoms with E-state index in [1.165, 1.54) is 31.2 Å². The van der Waals surface area contributed by atoms with Crippen molar-refractivity contribution in [1.82, 2.24) is 9.97 Å². The number of benzene rings is 2. The second-order valence-corrected chi connectivity index (χ2v) is 9.37. The molecular weight excluding hydrogens is 436 g/mol. The summed E-state index contributed by atoms with van der Waals surface area (Å²) in [6.45, 7) is 3.39. The third-order valence-electron chi connectivity index (χ3n) is 4.94. The van der Waals surface area contributed by atoms with E-state index in [9.17, 15) is 23.1 Å². The van der Waals surface area contributed by atoms with Gasteiger partial charge >= 0.3 is 5.97 Å². The van der Waals surface area contributed by atoms with Gasteiger partial charge in [0.1, 0.15) is 11.5 Å². The number of phenols is 1. The lowest BCUT2D eigenvalue weighted by Gasteiger charge is -2.14. The van der Waals surface area contributed by atoms with Crippen molar-refractivity contribution in [3.05, 3.63) is 47.0 Å². The summed E-state index contributed by atoms with van der Waals surface area (Å²) in [4.78, 5) is 29.5. The van der Waals surface area contributed by atoms with E-state index < -0.39 is 15.8 Å². The Labute approximate surface area is 185 Å². The van der Waals surface area contributed by atoms with Gasteiger partial charge in [-0.2, -0.15) is 0 Å². The number of phenolic OH excluding ortho intramolecular Hbond substituents is 1. The maximum Gasteiger partial charge on any atom is 0.335 e. The molecular formula is C22H24N2O7S. The number of hydrogen-bond acceptors (Lipinski definition) is 7. The fourth-order valence-corrected chi connectivity index (χ4v) is 4.52. The van der Waals surface area contributed by atoms with E-state index in [2.05, 4.69) is 9.97 Å². The van der Waals surface area contributed by atoms with Gasteiger partial charge in [0.2, 0.25) is 15.0 Å². The van der Waals surface area contributed by atoms with Gasteiger partial charge in [-0.25, -0.2) is 18.2 Å². The number of carboxylic acids is 1. The number of nitrogens with zero attached hydrogens (tertiary/aromatic N) is 1. The van der Waals surface area contributed by atoms with Gasteiger partial charge in [-0.1, -0.05) is 13.3 Å². The van der Waals surface area contributed by atoms with Crippen LogP contribution in [0.1, 0.15) is 53.0 Å². The zero-order valence-corrected chi connectivity index (χ0v) is 18.5. The summed E-state index contributed by atoms with van der Waals surface area (Å²) in [5.41, 5.74) is 1.45. The monoisotopic (exact) mass is 460 g/mol. The van der Waals surface area contributed by atoms with E-state index in [1.54, 1.807) is 6.07 Å². The largest absolute Gasteiger partial charge is 0.507 e. The summed E-state index contributed by atoms with van der Waals surface area (Å²) in [7, 11) is -3.74. The minimum atomic E-state index is -3.74. The fourth-order valence-electron chi connectivity index (χ4n) is 3.32. The molecule has 0 aliphatic heterocycles. The predicted octanol–water partition coefficient (Wildman–Crippen LogP) is 3.36. The molecule has 0 radical (unpaired) electrons. The quantitative estimate of drug-likeness (QED) is 0.308. The average molecular weight is 461 g/mol. The number of ether oxygens (including phenoxy) is 1. The van der Waals surface area contributed by atoms with E-state index in [-0.39, 0.29) is 46.6 Å². The molecule has 3 rings (SSSR count). The topological polar surface area (TPSA) is 147 Å². The minimum absolute atomic E-state index is 0.0282. The number of hydrogen-bond donors (Lipinski definition) is 3. The number of fused-ring (bicyclic) bond motifs is 1.